The van der Waals surface area contributed by atoms with Crippen LogP contribution in [0.1, 0.15) is 78.7 Å². The van der Waals surface area contributed by atoms with Gasteiger partial charge >= 0.3 is 0 Å². The molecule has 366 valence electrons. The van der Waals surface area contributed by atoms with Crippen LogP contribution in [0, 0.1) is 11.8 Å². The number of aliphatic hydroxyl groups is 1. The van der Waals surface area contributed by atoms with E-state index in [1.165, 1.54) is 24.0 Å². The third kappa shape index (κ3) is 17.3. The number of amides is 10. The van der Waals surface area contributed by atoms with E-state index >= 15 is 0 Å². The fourth-order valence-electron chi connectivity index (χ4n) is 7.15. The largest absolute Gasteiger partial charge is 0.508 e. The van der Waals surface area contributed by atoms with E-state index in [0.29, 0.717) is 18.4 Å². The minimum atomic E-state index is -1.74. The quantitative estimate of drug-likeness (QED) is 0.0815. The van der Waals surface area contributed by atoms with Gasteiger partial charge in [-0.3, -0.25) is 47.9 Å². The maximum atomic E-state index is 14.4. The minimum Gasteiger partial charge on any atom is -0.508 e. The molecule has 24 heteroatoms. The first-order valence-corrected chi connectivity index (χ1v) is 24.3. The molecule has 0 radical (unpaired) electrons. The van der Waals surface area contributed by atoms with Crippen molar-refractivity contribution in [1.29, 1.82) is 0 Å². The maximum absolute atomic E-state index is 14.4. The lowest BCUT2D eigenvalue weighted by molar-refractivity contribution is -0.142. The number of likely N-dealkylation sites (tertiary alicyclic amines) is 1. The lowest BCUT2D eigenvalue weighted by Gasteiger charge is -2.31. The molecule has 1 aromatic carbocycles. The molecule has 13 N–H and O–H groups in total. The lowest BCUT2D eigenvalue weighted by atomic mass is 9.96. The summed E-state index contributed by atoms with van der Waals surface area (Å²) in [6, 6.07) is -3.56. The molecule has 0 saturated carbocycles. The number of nitrogens with zero attached hydrogens (tertiary/aromatic N) is 1. The fraction of sp³-hybridized carbons (Fsp3) is 0.619. The Morgan fingerprint density at radius 1 is 0.833 bits per heavy atom. The van der Waals surface area contributed by atoms with Gasteiger partial charge in [0.15, 0.2) is 0 Å². The highest BCUT2D eigenvalue weighted by molar-refractivity contribution is 8.76. The van der Waals surface area contributed by atoms with Crippen molar-refractivity contribution in [3.05, 3.63) is 29.8 Å². The van der Waals surface area contributed by atoms with Gasteiger partial charge in [-0.15, -0.1) is 0 Å². The summed E-state index contributed by atoms with van der Waals surface area (Å²) >= 11 is 0. The number of primary amides is 2. The average Bonchev–Trinajstić information content (AvgIpc) is 3.75. The zero-order valence-corrected chi connectivity index (χ0v) is 39.4. The van der Waals surface area contributed by atoms with Gasteiger partial charge in [0, 0.05) is 30.9 Å². The molecule has 2 fully saturated rings. The van der Waals surface area contributed by atoms with Crippen molar-refractivity contribution in [2.75, 3.05) is 24.6 Å². The van der Waals surface area contributed by atoms with Crippen molar-refractivity contribution in [2.45, 2.75) is 128 Å². The number of aliphatic hydroxyl groups excluding tert-OH is 1. The first-order chi connectivity index (χ1) is 31.1. The van der Waals surface area contributed by atoms with Crippen molar-refractivity contribution in [2.24, 2.45) is 23.3 Å². The summed E-state index contributed by atoms with van der Waals surface area (Å²) in [5.41, 5.74) is 11.2. The Balaban J connectivity index is 1.99. The van der Waals surface area contributed by atoms with Gasteiger partial charge in [-0.1, -0.05) is 67.8 Å². The van der Waals surface area contributed by atoms with Gasteiger partial charge in [0.1, 0.15) is 48.0 Å². The summed E-state index contributed by atoms with van der Waals surface area (Å²) in [5, 5.41) is 38.4. The van der Waals surface area contributed by atoms with E-state index < -0.39 is 126 Å². The molecule has 0 unspecified atom stereocenters. The Kier molecular flexibility index (Phi) is 22.0. The van der Waals surface area contributed by atoms with Gasteiger partial charge in [-0.2, -0.15) is 0 Å². The number of carbonyl (C=O) groups excluding carboxylic acids is 10. The molecule has 0 aliphatic carbocycles. The van der Waals surface area contributed by atoms with Gasteiger partial charge in [0.25, 0.3) is 0 Å². The van der Waals surface area contributed by atoms with Crippen molar-refractivity contribution in [3.8, 4) is 5.75 Å². The van der Waals surface area contributed by atoms with Gasteiger partial charge in [-0.25, -0.2) is 0 Å². The van der Waals surface area contributed by atoms with E-state index in [9.17, 15) is 58.2 Å². The summed E-state index contributed by atoms with van der Waals surface area (Å²) in [5.74, 6) is -8.77. The standard InChI is InChI=1S/C42H64N10O12S2/c1-6-22(4)34-40(62)51-35(23(5)53)41(63)48-28(18-31(43)55)37(59)49-29(20-66-65-15-13-33(57)46-27(38(60)50-34)17-24-9-11-25(54)12-10-24)42(64)52-14-7-8-30(52)39(61)47-26(16-21(2)3)36(58)45-19-32(44)56/h9-12,21-23,26-30,34-35,53-54H,6-8,13-20H2,1-5H3,(H2,43,55)(H2,44,56)(H,45,58)(H,46,57)(H,47,61)(H,48,63)(H,49,59)(H,50,60)(H,51,62)/t22-,23+,26-,27-,28-,29-,30-,34-,35-/m0/s1. The van der Waals surface area contributed by atoms with Gasteiger partial charge in [-0.05, 0) is 55.7 Å². The number of hydrogen-bond acceptors (Lipinski definition) is 14. The molecule has 0 bridgehead atoms. The second-order valence-corrected chi connectivity index (χ2v) is 19.4. The Labute approximate surface area is 391 Å². The molecule has 22 nitrogen and oxygen atoms in total. The second-order valence-electron chi connectivity index (χ2n) is 16.8. The zero-order valence-electron chi connectivity index (χ0n) is 37.8. The number of aromatic hydroxyl groups is 1. The Morgan fingerprint density at radius 3 is 2.08 bits per heavy atom. The lowest BCUT2D eigenvalue weighted by Crippen LogP contribution is -2.63. The van der Waals surface area contributed by atoms with E-state index in [4.69, 9.17) is 11.5 Å². The maximum Gasteiger partial charge on any atom is 0.246 e. The molecule has 0 aromatic heterocycles. The number of nitrogens with one attached hydrogen (secondary N) is 7. The number of phenols is 1. The van der Waals surface area contributed by atoms with Crippen LogP contribution in [0.5, 0.6) is 5.75 Å². The zero-order chi connectivity index (χ0) is 49.2. The number of carbonyl (C=O) groups is 10. The van der Waals surface area contributed by atoms with E-state index in [1.807, 2.05) is 13.8 Å². The van der Waals surface area contributed by atoms with Crippen LogP contribution in [0.3, 0.4) is 0 Å². The summed E-state index contributed by atoms with van der Waals surface area (Å²) in [6.07, 6.45) is -1.37. The van der Waals surface area contributed by atoms with Crippen LogP contribution in [0.15, 0.2) is 24.3 Å². The Bertz CT molecular complexity index is 1920. The predicted octanol–water partition coefficient (Wildman–Crippen LogP) is -2.43. The highest BCUT2D eigenvalue weighted by Crippen LogP contribution is 2.26. The van der Waals surface area contributed by atoms with Crippen LogP contribution in [-0.2, 0) is 54.4 Å². The summed E-state index contributed by atoms with van der Waals surface area (Å²) in [7, 11) is 2.25. The van der Waals surface area contributed by atoms with Gasteiger partial charge in [0.05, 0.1) is 19.1 Å². The third-order valence-corrected chi connectivity index (χ3v) is 13.3. The van der Waals surface area contributed by atoms with E-state index in [-0.39, 0.29) is 55.4 Å². The minimum absolute atomic E-state index is 0.0192. The van der Waals surface area contributed by atoms with Crippen LogP contribution >= 0.6 is 21.6 Å². The number of rotatable bonds is 15. The molecule has 2 saturated heterocycles. The molecule has 2 heterocycles. The fourth-order valence-corrected chi connectivity index (χ4v) is 9.29. The highest BCUT2D eigenvalue weighted by atomic mass is 33.1. The highest BCUT2D eigenvalue weighted by Gasteiger charge is 2.41. The number of hydrogen-bond donors (Lipinski definition) is 11. The smallest absolute Gasteiger partial charge is 0.246 e. The molecular formula is C42H64N10O12S2. The molecule has 1 aromatic rings. The van der Waals surface area contributed by atoms with Crippen molar-refractivity contribution >= 4 is 80.7 Å². The third-order valence-electron chi connectivity index (χ3n) is 10.9. The van der Waals surface area contributed by atoms with Crippen LogP contribution in [-0.4, -0.2) is 147 Å². The SMILES string of the molecule is CC[C@H](C)[C@@H]1NC(=O)[C@H](Cc2ccc(O)cc2)NC(=O)CCSSC[C@@H](C(=O)N2CCC[C@H]2C(=O)N[C@@H](CC(C)C)C(=O)NCC(N)=O)NC(=O)[C@H](CC(N)=O)NC(=O)[C@H]([C@@H](C)O)NC1=O. The van der Waals surface area contributed by atoms with E-state index in [2.05, 4.69) is 37.2 Å². The Morgan fingerprint density at radius 2 is 1.47 bits per heavy atom. The van der Waals surface area contributed by atoms with Gasteiger partial charge < -0.3 is 63.8 Å². The number of nitrogens with two attached hydrogens (primary N) is 2. The first-order valence-electron chi connectivity index (χ1n) is 21.8. The monoisotopic (exact) mass is 964 g/mol. The molecular weight excluding hydrogens is 901 g/mol. The molecule has 10 amide bonds. The topological polar surface area (TPSA) is 351 Å². The molecule has 0 spiro atoms. The molecule has 66 heavy (non-hydrogen) atoms. The average molecular weight is 965 g/mol. The van der Waals surface area contributed by atoms with E-state index in [1.54, 1.807) is 26.0 Å². The molecule has 2 aliphatic heterocycles. The van der Waals surface area contributed by atoms with Crippen LogP contribution in [0.2, 0.25) is 0 Å². The van der Waals surface area contributed by atoms with Gasteiger partial charge in [0.2, 0.25) is 59.1 Å². The predicted molar refractivity (Wildman–Crippen MR) is 244 cm³/mol. The van der Waals surface area contributed by atoms with Crippen LogP contribution < -0.4 is 48.7 Å². The van der Waals surface area contributed by atoms with Crippen LogP contribution in [0.4, 0.5) is 0 Å². The van der Waals surface area contributed by atoms with Crippen molar-refractivity contribution < 1.29 is 58.2 Å². The summed E-state index contributed by atoms with van der Waals surface area (Å²) < 4.78 is 0. The summed E-state index contributed by atoms with van der Waals surface area (Å²) in [4.78, 5) is 135. The van der Waals surface area contributed by atoms with E-state index in [0.717, 1.165) is 21.6 Å². The van der Waals surface area contributed by atoms with Crippen molar-refractivity contribution in [3.63, 3.8) is 0 Å². The molecule has 9 atom stereocenters. The molecule has 2 aliphatic rings. The van der Waals surface area contributed by atoms with Crippen molar-refractivity contribution in [1.82, 2.24) is 42.1 Å². The normalized spacial score (nSPS) is 24.3. The first kappa shape index (κ1) is 54.7. The Hall–Kier alpha value is -5.62. The number of benzene rings is 1. The summed E-state index contributed by atoms with van der Waals surface area (Å²) in [6.45, 7) is 7.89. The molecule has 3 rings (SSSR count). The number of phenolic OH excluding ortho intramolecular Hbond substituents is 1. The second kappa shape index (κ2) is 26.5. The van der Waals surface area contributed by atoms with Crippen LogP contribution in [0.25, 0.3) is 0 Å².